The molecular weight excluding hydrogens is 212 g/mol. The Morgan fingerprint density at radius 3 is 3.06 bits per heavy atom. The van der Waals surface area contributed by atoms with Gasteiger partial charge in [-0.05, 0) is 6.42 Å². The highest BCUT2D eigenvalue weighted by atomic mass is 16.4. The van der Waals surface area contributed by atoms with Crippen molar-refractivity contribution in [1.82, 2.24) is 20.3 Å². The molecule has 86 valence electrons. The van der Waals surface area contributed by atoms with E-state index in [-0.39, 0.29) is 17.4 Å². The van der Waals surface area contributed by atoms with E-state index in [9.17, 15) is 9.59 Å². The van der Waals surface area contributed by atoms with E-state index in [1.807, 2.05) is 6.92 Å². The van der Waals surface area contributed by atoms with Crippen molar-refractivity contribution in [1.29, 1.82) is 0 Å². The fourth-order valence-electron chi connectivity index (χ4n) is 1.83. The van der Waals surface area contributed by atoms with Gasteiger partial charge >= 0.3 is 5.97 Å². The van der Waals surface area contributed by atoms with Crippen LogP contribution in [-0.4, -0.2) is 38.0 Å². The molecule has 0 fully saturated rings. The summed E-state index contributed by atoms with van der Waals surface area (Å²) in [7, 11) is 0. The monoisotopic (exact) mass is 224 g/mol. The SMILES string of the molecule is CCC[C@H]1Cn2nnc(C(=O)O)c2C(=O)N1. The average Bonchev–Trinajstić information content (AvgIpc) is 2.62. The van der Waals surface area contributed by atoms with Gasteiger partial charge in [0.05, 0.1) is 6.54 Å². The smallest absolute Gasteiger partial charge is 0.358 e. The van der Waals surface area contributed by atoms with Gasteiger partial charge in [0.25, 0.3) is 5.91 Å². The molecular formula is C9H12N4O3. The van der Waals surface area contributed by atoms with Crippen LogP contribution >= 0.6 is 0 Å². The second-order valence-electron chi connectivity index (χ2n) is 3.73. The summed E-state index contributed by atoms with van der Waals surface area (Å²) >= 11 is 0. The minimum Gasteiger partial charge on any atom is -0.476 e. The topological polar surface area (TPSA) is 97.1 Å². The van der Waals surface area contributed by atoms with E-state index in [1.54, 1.807) is 0 Å². The van der Waals surface area contributed by atoms with Crippen molar-refractivity contribution in [3.8, 4) is 0 Å². The molecule has 1 amide bonds. The number of carboxylic acid groups (broad SMARTS) is 1. The van der Waals surface area contributed by atoms with E-state index in [0.717, 1.165) is 12.8 Å². The number of carboxylic acids is 1. The van der Waals surface area contributed by atoms with E-state index in [4.69, 9.17) is 5.11 Å². The highest BCUT2D eigenvalue weighted by Gasteiger charge is 2.31. The molecule has 0 saturated heterocycles. The van der Waals surface area contributed by atoms with Gasteiger partial charge in [0, 0.05) is 6.04 Å². The van der Waals surface area contributed by atoms with Gasteiger partial charge in [0.2, 0.25) is 5.69 Å². The molecule has 2 N–H and O–H groups in total. The quantitative estimate of drug-likeness (QED) is 0.746. The lowest BCUT2D eigenvalue weighted by Crippen LogP contribution is -2.44. The molecule has 1 aromatic rings. The van der Waals surface area contributed by atoms with Crippen LogP contribution in [0.25, 0.3) is 0 Å². The summed E-state index contributed by atoms with van der Waals surface area (Å²) in [6, 6.07) is 0.00773. The predicted molar refractivity (Wildman–Crippen MR) is 53.1 cm³/mol. The summed E-state index contributed by atoms with van der Waals surface area (Å²) in [5, 5.41) is 18.8. The van der Waals surface area contributed by atoms with Crippen molar-refractivity contribution in [3.05, 3.63) is 11.4 Å². The summed E-state index contributed by atoms with van der Waals surface area (Å²) in [5.74, 6) is -1.64. The maximum atomic E-state index is 11.7. The van der Waals surface area contributed by atoms with E-state index < -0.39 is 11.9 Å². The Hall–Kier alpha value is -1.92. The van der Waals surface area contributed by atoms with Crippen LogP contribution in [0.4, 0.5) is 0 Å². The first-order valence-electron chi connectivity index (χ1n) is 5.11. The molecule has 0 spiro atoms. The Kier molecular flexibility index (Phi) is 2.59. The highest BCUT2D eigenvalue weighted by molar-refractivity contribution is 6.02. The molecule has 7 nitrogen and oxygen atoms in total. The lowest BCUT2D eigenvalue weighted by Gasteiger charge is -2.23. The second kappa shape index (κ2) is 3.92. The summed E-state index contributed by atoms with van der Waals surface area (Å²) in [6.07, 6.45) is 1.79. The number of nitrogens with one attached hydrogen (secondary N) is 1. The third-order valence-electron chi connectivity index (χ3n) is 2.52. The number of nitrogens with zero attached hydrogens (tertiary/aromatic N) is 3. The average molecular weight is 224 g/mol. The number of carbonyl (C=O) groups excluding carboxylic acids is 1. The Bertz CT molecular complexity index is 440. The van der Waals surface area contributed by atoms with Gasteiger partial charge in [-0.3, -0.25) is 4.79 Å². The van der Waals surface area contributed by atoms with Gasteiger partial charge < -0.3 is 10.4 Å². The van der Waals surface area contributed by atoms with Crippen LogP contribution in [0.3, 0.4) is 0 Å². The number of aromatic carboxylic acids is 1. The molecule has 0 unspecified atom stereocenters. The molecule has 16 heavy (non-hydrogen) atoms. The largest absolute Gasteiger partial charge is 0.476 e. The number of amides is 1. The lowest BCUT2D eigenvalue weighted by molar-refractivity contribution is 0.0681. The minimum atomic E-state index is -1.23. The van der Waals surface area contributed by atoms with Gasteiger partial charge in [-0.2, -0.15) is 0 Å². The number of fused-ring (bicyclic) bond motifs is 1. The number of hydrogen-bond donors (Lipinski definition) is 2. The van der Waals surface area contributed by atoms with E-state index in [1.165, 1.54) is 4.68 Å². The highest BCUT2D eigenvalue weighted by Crippen LogP contribution is 2.13. The number of carbonyl (C=O) groups is 2. The second-order valence-corrected chi connectivity index (χ2v) is 3.73. The Labute approximate surface area is 91.4 Å². The maximum absolute atomic E-state index is 11.7. The van der Waals surface area contributed by atoms with Crippen LogP contribution < -0.4 is 5.32 Å². The molecule has 7 heteroatoms. The van der Waals surface area contributed by atoms with E-state index in [0.29, 0.717) is 6.54 Å². The molecule has 2 rings (SSSR count). The van der Waals surface area contributed by atoms with Crippen molar-refractivity contribution in [2.75, 3.05) is 0 Å². The third kappa shape index (κ3) is 1.64. The maximum Gasteiger partial charge on any atom is 0.358 e. The Morgan fingerprint density at radius 2 is 2.44 bits per heavy atom. The fraction of sp³-hybridized carbons (Fsp3) is 0.556. The third-order valence-corrected chi connectivity index (χ3v) is 2.52. The van der Waals surface area contributed by atoms with Crippen LogP contribution in [0.5, 0.6) is 0 Å². The molecule has 0 saturated carbocycles. The predicted octanol–water partition coefficient (Wildman–Crippen LogP) is -0.112. The Morgan fingerprint density at radius 1 is 1.69 bits per heavy atom. The van der Waals surface area contributed by atoms with Gasteiger partial charge in [0.1, 0.15) is 0 Å². The van der Waals surface area contributed by atoms with Gasteiger partial charge in [-0.1, -0.05) is 18.6 Å². The first-order valence-corrected chi connectivity index (χ1v) is 5.11. The first kappa shape index (κ1) is 10.6. The van der Waals surface area contributed by atoms with Crippen LogP contribution in [0, 0.1) is 0 Å². The number of hydrogen-bond acceptors (Lipinski definition) is 4. The summed E-state index contributed by atoms with van der Waals surface area (Å²) in [6.45, 7) is 2.50. The van der Waals surface area contributed by atoms with E-state index >= 15 is 0 Å². The van der Waals surface area contributed by atoms with Gasteiger partial charge in [-0.25, -0.2) is 9.48 Å². The Balaban J connectivity index is 2.32. The summed E-state index contributed by atoms with van der Waals surface area (Å²) in [4.78, 5) is 22.5. The van der Waals surface area contributed by atoms with Crippen LogP contribution in [0.15, 0.2) is 0 Å². The molecule has 0 radical (unpaired) electrons. The molecule has 0 aromatic carbocycles. The fourth-order valence-corrected chi connectivity index (χ4v) is 1.83. The first-order chi connectivity index (χ1) is 7.63. The van der Waals surface area contributed by atoms with Crippen LogP contribution in [-0.2, 0) is 6.54 Å². The molecule has 1 aliphatic heterocycles. The number of aromatic nitrogens is 3. The standard InChI is InChI=1S/C9H12N4O3/c1-2-3-5-4-13-7(8(14)10-5)6(9(15)16)11-12-13/h5H,2-4H2,1H3,(H,10,14)(H,15,16)/t5-/m0/s1. The van der Waals surface area contributed by atoms with Crippen molar-refractivity contribution < 1.29 is 14.7 Å². The normalized spacial score (nSPS) is 19.1. The summed E-state index contributed by atoms with van der Waals surface area (Å²) in [5.41, 5.74) is -0.243. The van der Waals surface area contributed by atoms with Crippen molar-refractivity contribution >= 4 is 11.9 Å². The van der Waals surface area contributed by atoms with Crippen molar-refractivity contribution in [2.45, 2.75) is 32.4 Å². The molecule has 1 aliphatic rings. The zero-order valence-electron chi connectivity index (χ0n) is 8.80. The zero-order chi connectivity index (χ0) is 11.7. The molecule has 1 aromatic heterocycles. The van der Waals surface area contributed by atoms with Crippen molar-refractivity contribution in [2.24, 2.45) is 0 Å². The molecule has 2 heterocycles. The molecule has 1 atom stereocenters. The van der Waals surface area contributed by atoms with E-state index in [2.05, 4.69) is 15.6 Å². The lowest BCUT2D eigenvalue weighted by atomic mass is 10.1. The number of rotatable bonds is 3. The minimum absolute atomic E-state index is 0.00773. The van der Waals surface area contributed by atoms with Crippen LogP contribution in [0.2, 0.25) is 0 Å². The summed E-state index contributed by atoms with van der Waals surface area (Å²) < 4.78 is 1.36. The van der Waals surface area contributed by atoms with Crippen LogP contribution in [0.1, 0.15) is 40.7 Å². The van der Waals surface area contributed by atoms with Crippen molar-refractivity contribution in [3.63, 3.8) is 0 Å². The van der Waals surface area contributed by atoms with Gasteiger partial charge in [0.15, 0.2) is 5.69 Å². The molecule has 0 bridgehead atoms. The molecule has 0 aliphatic carbocycles. The zero-order valence-corrected chi connectivity index (χ0v) is 8.80. The van der Waals surface area contributed by atoms with Gasteiger partial charge in [-0.15, -0.1) is 5.10 Å².